The van der Waals surface area contributed by atoms with Crippen LogP contribution in [0, 0.1) is 6.92 Å². The SMILES string of the molecule is Cc1ccc(Cc2nnc(NC(=O)NC3Cc4ccccc4C3)s2)cc1. The van der Waals surface area contributed by atoms with Gasteiger partial charge >= 0.3 is 6.03 Å². The zero-order chi connectivity index (χ0) is 17.9. The number of nitrogens with one attached hydrogen (secondary N) is 2. The first-order chi connectivity index (χ1) is 12.7. The Balaban J connectivity index is 1.31. The summed E-state index contributed by atoms with van der Waals surface area (Å²) < 4.78 is 0. The monoisotopic (exact) mass is 364 g/mol. The van der Waals surface area contributed by atoms with Crippen LogP contribution in [-0.2, 0) is 19.3 Å². The summed E-state index contributed by atoms with van der Waals surface area (Å²) in [7, 11) is 0. The first-order valence-corrected chi connectivity index (χ1v) is 9.49. The molecule has 0 saturated carbocycles. The molecule has 2 N–H and O–H groups in total. The maximum absolute atomic E-state index is 12.2. The molecule has 0 unspecified atom stereocenters. The molecule has 0 spiro atoms. The minimum absolute atomic E-state index is 0.132. The summed E-state index contributed by atoms with van der Waals surface area (Å²) >= 11 is 1.41. The molecule has 2 amide bonds. The lowest BCUT2D eigenvalue weighted by Gasteiger charge is -2.11. The minimum atomic E-state index is -0.221. The first kappa shape index (κ1) is 16.7. The molecular formula is C20H20N4OS. The fourth-order valence-corrected chi connectivity index (χ4v) is 4.00. The van der Waals surface area contributed by atoms with E-state index in [1.54, 1.807) is 0 Å². The predicted molar refractivity (Wildman–Crippen MR) is 104 cm³/mol. The number of carbonyl (C=O) groups is 1. The van der Waals surface area contributed by atoms with Crippen molar-refractivity contribution in [1.29, 1.82) is 0 Å². The highest BCUT2D eigenvalue weighted by atomic mass is 32.1. The second kappa shape index (κ2) is 7.25. The largest absolute Gasteiger partial charge is 0.334 e. The number of hydrogen-bond donors (Lipinski definition) is 2. The summed E-state index contributed by atoms with van der Waals surface area (Å²) in [4.78, 5) is 12.2. The van der Waals surface area contributed by atoms with E-state index in [0.29, 0.717) is 5.13 Å². The normalized spacial score (nSPS) is 13.4. The fraction of sp³-hybridized carbons (Fsp3) is 0.250. The van der Waals surface area contributed by atoms with Crippen LogP contribution in [-0.4, -0.2) is 22.3 Å². The quantitative estimate of drug-likeness (QED) is 0.741. The van der Waals surface area contributed by atoms with Crippen molar-refractivity contribution in [3.05, 3.63) is 75.8 Å². The van der Waals surface area contributed by atoms with Crippen LogP contribution >= 0.6 is 11.3 Å². The maximum Gasteiger partial charge on any atom is 0.321 e. The molecule has 26 heavy (non-hydrogen) atoms. The van der Waals surface area contributed by atoms with E-state index in [2.05, 4.69) is 64.2 Å². The highest BCUT2D eigenvalue weighted by Crippen LogP contribution is 2.22. The van der Waals surface area contributed by atoms with Gasteiger partial charge in [0, 0.05) is 12.5 Å². The van der Waals surface area contributed by atoms with E-state index in [0.717, 1.165) is 24.3 Å². The van der Waals surface area contributed by atoms with Gasteiger partial charge in [0.25, 0.3) is 0 Å². The molecule has 6 heteroatoms. The Bertz CT molecular complexity index is 895. The summed E-state index contributed by atoms with van der Waals surface area (Å²) in [6.45, 7) is 2.07. The molecular weight excluding hydrogens is 344 g/mol. The van der Waals surface area contributed by atoms with Crippen LogP contribution in [0.1, 0.15) is 27.3 Å². The molecule has 1 aliphatic rings. The average molecular weight is 364 g/mol. The lowest BCUT2D eigenvalue weighted by atomic mass is 10.1. The number of carbonyl (C=O) groups excluding carboxylic acids is 1. The Kier molecular flexibility index (Phi) is 4.67. The zero-order valence-corrected chi connectivity index (χ0v) is 15.3. The van der Waals surface area contributed by atoms with Crippen molar-refractivity contribution in [1.82, 2.24) is 15.5 Å². The van der Waals surface area contributed by atoms with Gasteiger partial charge in [-0.15, -0.1) is 10.2 Å². The lowest BCUT2D eigenvalue weighted by Crippen LogP contribution is -2.38. The number of anilines is 1. The van der Waals surface area contributed by atoms with Gasteiger partial charge in [0.05, 0.1) is 0 Å². The van der Waals surface area contributed by atoms with E-state index >= 15 is 0 Å². The second-order valence-corrected chi connectivity index (χ2v) is 7.70. The van der Waals surface area contributed by atoms with Gasteiger partial charge in [-0.1, -0.05) is 65.4 Å². The molecule has 0 bridgehead atoms. The Labute approximate surface area is 156 Å². The molecule has 3 aromatic rings. The summed E-state index contributed by atoms with van der Waals surface area (Å²) in [6.07, 6.45) is 2.47. The van der Waals surface area contributed by atoms with E-state index in [1.807, 2.05) is 12.1 Å². The number of fused-ring (bicyclic) bond motifs is 1. The van der Waals surface area contributed by atoms with Crippen molar-refractivity contribution in [3.8, 4) is 0 Å². The zero-order valence-electron chi connectivity index (χ0n) is 14.5. The standard InChI is InChI=1S/C20H20N4OS/c1-13-6-8-14(9-7-13)10-18-23-24-20(26-18)22-19(25)21-17-11-15-4-2-3-5-16(15)12-17/h2-9,17H,10-12H2,1H3,(H2,21,22,24,25). The van der Waals surface area contributed by atoms with Crippen LogP contribution in [0.4, 0.5) is 9.93 Å². The topological polar surface area (TPSA) is 66.9 Å². The highest BCUT2D eigenvalue weighted by molar-refractivity contribution is 7.15. The predicted octanol–water partition coefficient (Wildman–Crippen LogP) is 3.73. The van der Waals surface area contributed by atoms with E-state index < -0.39 is 0 Å². The number of aromatic nitrogens is 2. The van der Waals surface area contributed by atoms with Crippen molar-refractivity contribution in [2.24, 2.45) is 0 Å². The molecule has 1 aliphatic carbocycles. The Morgan fingerprint density at radius 3 is 2.46 bits per heavy atom. The average Bonchev–Trinajstić information content (AvgIpc) is 3.22. The van der Waals surface area contributed by atoms with Gasteiger partial charge in [0.2, 0.25) is 5.13 Å². The van der Waals surface area contributed by atoms with Crippen LogP contribution in [0.15, 0.2) is 48.5 Å². The first-order valence-electron chi connectivity index (χ1n) is 8.68. The van der Waals surface area contributed by atoms with Crippen LogP contribution in [0.5, 0.6) is 0 Å². The molecule has 1 heterocycles. The van der Waals surface area contributed by atoms with Crippen LogP contribution < -0.4 is 10.6 Å². The number of aryl methyl sites for hydroxylation is 1. The molecule has 0 atom stereocenters. The van der Waals surface area contributed by atoms with Crippen molar-refractivity contribution < 1.29 is 4.79 Å². The number of urea groups is 1. The van der Waals surface area contributed by atoms with Gasteiger partial charge in [0.1, 0.15) is 5.01 Å². The molecule has 4 rings (SSSR count). The smallest absolute Gasteiger partial charge is 0.321 e. The van der Waals surface area contributed by atoms with Gasteiger partial charge in [-0.25, -0.2) is 4.79 Å². The third-order valence-electron chi connectivity index (χ3n) is 4.55. The van der Waals surface area contributed by atoms with Gasteiger partial charge in [-0.05, 0) is 36.5 Å². The molecule has 0 saturated heterocycles. The van der Waals surface area contributed by atoms with Crippen LogP contribution in [0.3, 0.4) is 0 Å². The van der Waals surface area contributed by atoms with Crippen LogP contribution in [0.2, 0.25) is 0 Å². The number of amides is 2. The fourth-order valence-electron chi connectivity index (χ4n) is 3.24. The molecule has 132 valence electrons. The summed E-state index contributed by atoms with van der Waals surface area (Å²) in [6, 6.07) is 16.6. The van der Waals surface area contributed by atoms with Gasteiger partial charge in [0.15, 0.2) is 0 Å². The Morgan fingerprint density at radius 1 is 1.08 bits per heavy atom. The minimum Gasteiger partial charge on any atom is -0.334 e. The van der Waals surface area contributed by atoms with Gasteiger partial charge < -0.3 is 5.32 Å². The van der Waals surface area contributed by atoms with Crippen molar-refractivity contribution in [3.63, 3.8) is 0 Å². The number of benzene rings is 2. The van der Waals surface area contributed by atoms with Gasteiger partial charge in [-0.2, -0.15) is 0 Å². The molecule has 0 aliphatic heterocycles. The number of hydrogen-bond acceptors (Lipinski definition) is 4. The van der Waals surface area contributed by atoms with E-state index in [4.69, 9.17) is 0 Å². The summed E-state index contributed by atoms with van der Waals surface area (Å²) in [5, 5.41) is 15.5. The molecule has 5 nitrogen and oxygen atoms in total. The molecule has 0 radical (unpaired) electrons. The number of rotatable bonds is 4. The van der Waals surface area contributed by atoms with E-state index in [1.165, 1.54) is 33.6 Å². The summed E-state index contributed by atoms with van der Waals surface area (Å²) in [5.74, 6) is 0. The third kappa shape index (κ3) is 3.91. The van der Waals surface area contributed by atoms with Crippen molar-refractivity contribution in [2.75, 3.05) is 5.32 Å². The van der Waals surface area contributed by atoms with Crippen LogP contribution in [0.25, 0.3) is 0 Å². The van der Waals surface area contributed by atoms with Crippen molar-refractivity contribution >= 4 is 22.5 Å². The molecule has 1 aromatic heterocycles. The van der Waals surface area contributed by atoms with E-state index in [-0.39, 0.29) is 12.1 Å². The Hall–Kier alpha value is -2.73. The van der Waals surface area contributed by atoms with Gasteiger partial charge in [-0.3, -0.25) is 5.32 Å². The third-order valence-corrected chi connectivity index (χ3v) is 5.39. The second-order valence-electron chi connectivity index (χ2n) is 6.64. The maximum atomic E-state index is 12.2. The summed E-state index contributed by atoms with van der Waals surface area (Å²) in [5.41, 5.74) is 5.05. The Morgan fingerprint density at radius 2 is 1.77 bits per heavy atom. The lowest BCUT2D eigenvalue weighted by molar-refractivity contribution is 0.249. The molecule has 2 aromatic carbocycles. The highest BCUT2D eigenvalue weighted by Gasteiger charge is 2.22. The number of nitrogens with zero attached hydrogens (tertiary/aromatic N) is 2. The van der Waals surface area contributed by atoms with E-state index in [9.17, 15) is 4.79 Å². The van der Waals surface area contributed by atoms with Crippen molar-refractivity contribution in [2.45, 2.75) is 32.2 Å². The molecule has 0 fully saturated rings.